The van der Waals surface area contributed by atoms with Crippen LogP contribution >= 0.6 is 11.6 Å². The molecule has 0 aliphatic heterocycles. The number of aromatic amines is 1. The maximum absolute atomic E-state index is 12.5. The van der Waals surface area contributed by atoms with Gasteiger partial charge in [-0.2, -0.15) is 5.10 Å². The van der Waals surface area contributed by atoms with E-state index in [1.807, 2.05) is 18.2 Å². The number of nitrogens with one attached hydrogen (secondary N) is 1. The molecule has 110 valence electrons. The summed E-state index contributed by atoms with van der Waals surface area (Å²) in [5.41, 5.74) is 0.681. The van der Waals surface area contributed by atoms with Gasteiger partial charge in [-0.05, 0) is 29.8 Å². The van der Waals surface area contributed by atoms with Gasteiger partial charge in [-0.25, -0.2) is 14.5 Å². The maximum atomic E-state index is 12.5. The van der Waals surface area contributed by atoms with Crippen LogP contribution in [0.4, 0.5) is 0 Å². The smallest absolute Gasteiger partial charge is 0.267 e. The minimum atomic E-state index is -0.559. The molecule has 0 saturated heterocycles. The molecule has 0 aliphatic rings. The van der Waals surface area contributed by atoms with E-state index in [1.54, 1.807) is 36.4 Å². The fraction of sp³-hybridized carbons (Fsp3) is 0.0625. The largest absolute Gasteiger partial charge is 0.349 e. The molecule has 22 heavy (non-hydrogen) atoms. The predicted octanol–water partition coefficient (Wildman–Crippen LogP) is 2.17. The molecule has 0 fully saturated rings. The molecule has 0 atom stereocenters. The molecule has 0 saturated carbocycles. The molecule has 0 spiro atoms. The van der Waals surface area contributed by atoms with Crippen molar-refractivity contribution in [2.24, 2.45) is 0 Å². The van der Waals surface area contributed by atoms with Crippen LogP contribution in [-0.2, 0) is 6.42 Å². The zero-order chi connectivity index (χ0) is 15.5. The third-order valence-corrected chi connectivity index (χ3v) is 3.49. The van der Waals surface area contributed by atoms with Crippen molar-refractivity contribution in [2.75, 3.05) is 0 Å². The SMILES string of the molecule is O=c1[nH]nc(Cc2ccc(Cl)cc2)c(=O)n1-c1ccccc1. The molecule has 6 heteroatoms. The molecule has 1 N–H and O–H groups in total. The van der Waals surface area contributed by atoms with Crippen LogP contribution in [-0.4, -0.2) is 14.8 Å². The van der Waals surface area contributed by atoms with Crippen LogP contribution in [0, 0.1) is 0 Å². The monoisotopic (exact) mass is 313 g/mol. The lowest BCUT2D eigenvalue weighted by Crippen LogP contribution is -2.37. The zero-order valence-electron chi connectivity index (χ0n) is 11.5. The third kappa shape index (κ3) is 2.84. The standard InChI is InChI=1S/C16H12ClN3O2/c17-12-8-6-11(7-9-12)10-14-15(21)20(16(22)19-18-14)13-4-2-1-3-5-13/h1-9H,10H2,(H,19,22). The Bertz CT molecular complexity index is 899. The van der Waals surface area contributed by atoms with Crippen molar-refractivity contribution in [3.8, 4) is 5.69 Å². The maximum Gasteiger partial charge on any atom is 0.349 e. The van der Waals surface area contributed by atoms with Gasteiger partial charge in [0.05, 0.1) is 5.69 Å². The quantitative estimate of drug-likeness (QED) is 0.805. The van der Waals surface area contributed by atoms with Gasteiger partial charge in [-0.3, -0.25) is 4.79 Å². The average Bonchev–Trinajstić information content (AvgIpc) is 2.53. The number of para-hydroxylation sites is 1. The van der Waals surface area contributed by atoms with E-state index in [0.717, 1.165) is 10.1 Å². The van der Waals surface area contributed by atoms with Crippen LogP contribution < -0.4 is 11.2 Å². The highest BCUT2D eigenvalue weighted by Crippen LogP contribution is 2.11. The molecule has 2 aromatic carbocycles. The Morgan fingerprint density at radius 3 is 2.36 bits per heavy atom. The Labute approximate surface area is 130 Å². The summed E-state index contributed by atoms with van der Waals surface area (Å²) in [4.78, 5) is 24.4. The Kier molecular flexibility index (Phi) is 3.89. The van der Waals surface area contributed by atoms with Gasteiger partial charge in [0.2, 0.25) is 0 Å². The van der Waals surface area contributed by atoms with E-state index in [2.05, 4.69) is 10.2 Å². The summed E-state index contributed by atoms with van der Waals surface area (Å²) < 4.78 is 1.08. The number of aromatic nitrogens is 3. The lowest BCUT2D eigenvalue weighted by Gasteiger charge is -2.06. The van der Waals surface area contributed by atoms with Gasteiger partial charge < -0.3 is 0 Å². The van der Waals surface area contributed by atoms with Crippen molar-refractivity contribution in [3.05, 3.63) is 91.7 Å². The first kappa shape index (κ1) is 14.3. The Morgan fingerprint density at radius 2 is 1.68 bits per heavy atom. The van der Waals surface area contributed by atoms with Gasteiger partial charge in [0.25, 0.3) is 5.56 Å². The van der Waals surface area contributed by atoms with E-state index < -0.39 is 11.2 Å². The number of nitrogens with zero attached hydrogens (tertiary/aromatic N) is 2. The summed E-state index contributed by atoms with van der Waals surface area (Å²) in [6, 6.07) is 15.9. The van der Waals surface area contributed by atoms with Crippen LogP contribution in [0.3, 0.4) is 0 Å². The second kappa shape index (κ2) is 5.99. The van der Waals surface area contributed by atoms with Crippen LogP contribution in [0.2, 0.25) is 5.02 Å². The van der Waals surface area contributed by atoms with E-state index in [4.69, 9.17) is 11.6 Å². The van der Waals surface area contributed by atoms with Crippen LogP contribution in [0.15, 0.2) is 64.2 Å². The van der Waals surface area contributed by atoms with Crippen molar-refractivity contribution < 1.29 is 0 Å². The zero-order valence-corrected chi connectivity index (χ0v) is 12.2. The van der Waals surface area contributed by atoms with E-state index in [1.165, 1.54) is 0 Å². The normalized spacial score (nSPS) is 10.6. The van der Waals surface area contributed by atoms with Crippen molar-refractivity contribution >= 4 is 11.6 Å². The minimum Gasteiger partial charge on any atom is -0.267 e. The molecule has 0 unspecified atom stereocenters. The number of halogens is 1. The van der Waals surface area contributed by atoms with Crippen molar-refractivity contribution in [3.63, 3.8) is 0 Å². The molecule has 3 aromatic rings. The minimum absolute atomic E-state index is 0.269. The Hall–Kier alpha value is -2.66. The number of benzene rings is 2. The van der Waals surface area contributed by atoms with Gasteiger partial charge >= 0.3 is 5.69 Å². The summed E-state index contributed by atoms with van der Waals surface area (Å²) in [5, 5.41) is 6.87. The highest BCUT2D eigenvalue weighted by Gasteiger charge is 2.11. The Morgan fingerprint density at radius 1 is 1.00 bits per heavy atom. The molecule has 0 aliphatic carbocycles. The summed E-state index contributed by atoms with van der Waals surface area (Å²) in [6.45, 7) is 0. The molecular formula is C16H12ClN3O2. The first-order chi connectivity index (χ1) is 10.6. The second-order valence-corrected chi connectivity index (χ2v) is 5.19. The fourth-order valence-corrected chi connectivity index (χ4v) is 2.28. The van der Waals surface area contributed by atoms with Crippen LogP contribution in [0.25, 0.3) is 5.69 Å². The molecule has 1 aromatic heterocycles. The first-order valence-corrected chi connectivity index (χ1v) is 7.03. The molecule has 1 heterocycles. The summed E-state index contributed by atoms with van der Waals surface area (Å²) in [5.74, 6) is 0. The molecular weight excluding hydrogens is 302 g/mol. The second-order valence-electron chi connectivity index (χ2n) is 4.75. The molecule has 0 bridgehead atoms. The molecule has 5 nitrogen and oxygen atoms in total. The van der Waals surface area contributed by atoms with Crippen molar-refractivity contribution in [2.45, 2.75) is 6.42 Å². The van der Waals surface area contributed by atoms with E-state index in [9.17, 15) is 9.59 Å². The first-order valence-electron chi connectivity index (χ1n) is 6.65. The van der Waals surface area contributed by atoms with E-state index >= 15 is 0 Å². The van der Waals surface area contributed by atoms with Gasteiger partial charge in [-0.1, -0.05) is 41.9 Å². The van der Waals surface area contributed by atoms with Gasteiger partial charge in [0, 0.05) is 11.4 Å². The van der Waals surface area contributed by atoms with Crippen LogP contribution in [0.1, 0.15) is 11.3 Å². The van der Waals surface area contributed by atoms with Crippen LogP contribution in [0.5, 0.6) is 0 Å². The lowest BCUT2D eigenvalue weighted by atomic mass is 10.1. The van der Waals surface area contributed by atoms with Gasteiger partial charge in [0.15, 0.2) is 0 Å². The number of hydrogen-bond donors (Lipinski definition) is 1. The number of hydrogen-bond acceptors (Lipinski definition) is 3. The predicted molar refractivity (Wildman–Crippen MR) is 84.7 cm³/mol. The number of H-pyrrole nitrogens is 1. The lowest BCUT2D eigenvalue weighted by molar-refractivity contribution is 0.757. The summed E-state index contributed by atoms with van der Waals surface area (Å²) >= 11 is 5.84. The van der Waals surface area contributed by atoms with Crippen molar-refractivity contribution in [1.29, 1.82) is 0 Å². The highest BCUT2D eigenvalue weighted by molar-refractivity contribution is 6.30. The topological polar surface area (TPSA) is 67.8 Å². The summed E-state index contributed by atoms with van der Waals surface area (Å²) in [6.07, 6.45) is 0.319. The fourth-order valence-electron chi connectivity index (χ4n) is 2.16. The molecule has 0 amide bonds. The summed E-state index contributed by atoms with van der Waals surface area (Å²) in [7, 11) is 0. The van der Waals surface area contributed by atoms with Gasteiger partial charge in [-0.15, -0.1) is 0 Å². The van der Waals surface area contributed by atoms with Crippen molar-refractivity contribution in [1.82, 2.24) is 14.8 Å². The Balaban J connectivity index is 2.06. The molecule has 3 rings (SSSR count). The average molecular weight is 314 g/mol. The highest BCUT2D eigenvalue weighted by atomic mass is 35.5. The van der Waals surface area contributed by atoms with Gasteiger partial charge in [0.1, 0.15) is 5.69 Å². The number of rotatable bonds is 3. The van der Waals surface area contributed by atoms with E-state index in [0.29, 0.717) is 17.1 Å². The van der Waals surface area contributed by atoms with E-state index in [-0.39, 0.29) is 5.69 Å². The third-order valence-electron chi connectivity index (χ3n) is 3.24. The molecule has 0 radical (unpaired) electrons.